The molecular weight excluding hydrogens is 250 g/mol. The van der Waals surface area contributed by atoms with Crippen LogP contribution in [0.5, 0.6) is 0 Å². The van der Waals surface area contributed by atoms with Gasteiger partial charge in [0.25, 0.3) is 0 Å². The summed E-state index contributed by atoms with van der Waals surface area (Å²) in [6.45, 7) is 0. The van der Waals surface area contributed by atoms with Crippen LogP contribution in [0.3, 0.4) is 0 Å². The Hall–Kier alpha value is -1.99. The van der Waals surface area contributed by atoms with E-state index in [1.165, 1.54) is 0 Å². The highest BCUT2D eigenvalue weighted by molar-refractivity contribution is 7.13. The number of H-pyrrole nitrogens is 1. The number of nitrogens with two attached hydrogens (primary N) is 1. The molecule has 0 aliphatic carbocycles. The first-order valence-electron chi connectivity index (χ1n) is 5.43. The van der Waals surface area contributed by atoms with Gasteiger partial charge in [0.05, 0.1) is 17.2 Å². The van der Waals surface area contributed by atoms with Crippen LogP contribution in [-0.4, -0.2) is 20.1 Å². The predicted octanol–water partition coefficient (Wildman–Crippen LogP) is 1.76. The Morgan fingerprint density at radius 3 is 3.17 bits per heavy atom. The summed E-state index contributed by atoms with van der Waals surface area (Å²) in [5.41, 5.74) is 6.96. The van der Waals surface area contributed by atoms with Crippen molar-refractivity contribution in [3.05, 3.63) is 41.6 Å². The van der Waals surface area contributed by atoms with Crippen molar-refractivity contribution in [1.82, 2.24) is 20.1 Å². The molecule has 3 aromatic heterocycles. The topological polar surface area (TPSA) is 93.6 Å². The van der Waals surface area contributed by atoms with Crippen LogP contribution in [0, 0.1) is 0 Å². The van der Waals surface area contributed by atoms with Crippen molar-refractivity contribution >= 4 is 11.3 Å². The monoisotopic (exact) mass is 261 g/mol. The molecule has 0 saturated carbocycles. The third-order valence-electron chi connectivity index (χ3n) is 2.50. The average molecular weight is 261 g/mol. The standard InChI is InChI=1S/C11H11N5OS/c12-8(4-7-5-13-6-14-7)11-15-10(16-17-11)9-2-1-3-18-9/h1-3,5-6,8H,4,12H2,(H,13,14)/t8-/m0/s1. The van der Waals surface area contributed by atoms with Gasteiger partial charge in [0.15, 0.2) is 0 Å². The first-order chi connectivity index (χ1) is 8.83. The van der Waals surface area contributed by atoms with Gasteiger partial charge in [0, 0.05) is 18.3 Å². The second kappa shape index (κ2) is 4.71. The van der Waals surface area contributed by atoms with Gasteiger partial charge in [-0.1, -0.05) is 11.2 Å². The molecular formula is C11H11N5OS. The minimum atomic E-state index is -0.327. The van der Waals surface area contributed by atoms with E-state index in [0.29, 0.717) is 18.1 Å². The van der Waals surface area contributed by atoms with Gasteiger partial charge in [-0.2, -0.15) is 4.98 Å². The van der Waals surface area contributed by atoms with Crippen LogP contribution >= 0.6 is 11.3 Å². The zero-order valence-corrected chi connectivity index (χ0v) is 10.2. The maximum Gasteiger partial charge on any atom is 0.244 e. The predicted molar refractivity (Wildman–Crippen MR) is 66.8 cm³/mol. The van der Waals surface area contributed by atoms with Gasteiger partial charge in [-0.05, 0) is 11.4 Å². The molecule has 7 heteroatoms. The number of nitrogens with one attached hydrogen (secondary N) is 1. The van der Waals surface area contributed by atoms with E-state index in [2.05, 4.69) is 20.1 Å². The normalized spacial score (nSPS) is 12.7. The maximum atomic E-state index is 6.01. The summed E-state index contributed by atoms with van der Waals surface area (Å²) in [6, 6.07) is 3.56. The molecule has 0 aliphatic rings. The fourth-order valence-corrected chi connectivity index (χ4v) is 2.26. The Balaban J connectivity index is 1.77. The molecule has 3 aromatic rings. The Labute approximate surface area is 107 Å². The molecule has 3 rings (SSSR count). The van der Waals surface area contributed by atoms with Crippen LogP contribution in [0.25, 0.3) is 10.7 Å². The second-order valence-electron chi connectivity index (χ2n) is 3.82. The molecule has 3 heterocycles. The molecule has 0 amide bonds. The van der Waals surface area contributed by atoms with E-state index in [0.717, 1.165) is 10.6 Å². The van der Waals surface area contributed by atoms with Crippen LogP contribution in [0.15, 0.2) is 34.6 Å². The third-order valence-corrected chi connectivity index (χ3v) is 3.36. The lowest BCUT2D eigenvalue weighted by atomic mass is 10.2. The number of hydrogen-bond acceptors (Lipinski definition) is 6. The number of aromatic amines is 1. The summed E-state index contributed by atoms with van der Waals surface area (Å²) in [6.07, 6.45) is 3.94. The summed E-state index contributed by atoms with van der Waals surface area (Å²) < 4.78 is 5.19. The fraction of sp³-hybridized carbons (Fsp3) is 0.182. The Bertz CT molecular complexity index is 601. The van der Waals surface area contributed by atoms with E-state index in [1.807, 2.05) is 17.5 Å². The van der Waals surface area contributed by atoms with E-state index in [1.54, 1.807) is 23.9 Å². The Morgan fingerprint density at radius 2 is 2.44 bits per heavy atom. The molecule has 3 N–H and O–H groups in total. The molecule has 92 valence electrons. The van der Waals surface area contributed by atoms with Crippen molar-refractivity contribution in [2.24, 2.45) is 5.73 Å². The molecule has 18 heavy (non-hydrogen) atoms. The first kappa shape index (κ1) is 11.1. The lowest BCUT2D eigenvalue weighted by Crippen LogP contribution is -2.13. The van der Waals surface area contributed by atoms with Crippen LogP contribution in [0.4, 0.5) is 0 Å². The molecule has 0 spiro atoms. The van der Waals surface area contributed by atoms with Crippen LogP contribution in [-0.2, 0) is 6.42 Å². The molecule has 0 radical (unpaired) electrons. The third kappa shape index (κ3) is 2.18. The average Bonchev–Trinajstić information content (AvgIpc) is 3.11. The Kier molecular flexibility index (Phi) is 2.91. The minimum absolute atomic E-state index is 0.327. The number of hydrogen-bond donors (Lipinski definition) is 2. The van der Waals surface area contributed by atoms with Crippen molar-refractivity contribution < 1.29 is 4.52 Å². The van der Waals surface area contributed by atoms with Crippen LogP contribution in [0.1, 0.15) is 17.6 Å². The van der Waals surface area contributed by atoms with Gasteiger partial charge in [0.1, 0.15) is 0 Å². The van der Waals surface area contributed by atoms with E-state index in [-0.39, 0.29) is 6.04 Å². The maximum absolute atomic E-state index is 6.01. The van der Waals surface area contributed by atoms with Crippen molar-refractivity contribution in [3.63, 3.8) is 0 Å². The quantitative estimate of drug-likeness (QED) is 0.746. The van der Waals surface area contributed by atoms with Gasteiger partial charge in [0.2, 0.25) is 11.7 Å². The number of rotatable bonds is 4. The molecule has 0 aromatic carbocycles. The molecule has 0 fully saturated rings. The SMILES string of the molecule is N[C@@H](Cc1cnc[nH]1)c1nc(-c2cccs2)no1. The summed E-state index contributed by atoms with van der Waals surface area (Å²) >= 11 is 1.56. The number of thiophene rings is 1. The molecule has 6 nitrogen and oxygen atoms in total. The highest BCUT2D eigenvalue weighted by atomic mass is 32.1. The van der Waals surface area contributed by atoms with Crippen LogP contribution < -0.4 is 5.73 Å². The van der Waals surface area contributed by atoms with Crippen molar-refractivity contribution in [3.8, 4) is 10.7 Å². The van der Waals surface area contributed by atoms with E-state index < -0.39 is 0 Å². The molecule has 0 aliphatic heterocycles. The van der Waals surface area contributed by atoms with Crippen molar-refractivity contribution in [2.45, 2.75) is 12.5 Å². The number of nitrogens with zero attached hydrogens (tertiary/aromatic N) is 3. The number of aromatic nitrogens is 4. The first-order valence-corrected chi connectivity index (χ1v) is 6.31. The summed E-state index contributed by atoms with van der Waals surface area (Å²) in [4.78, 5) is 12.2. The molecule has 0 saturated heterocycles. The van der Waals surface area contributed by atoms with E-state index in [9.17, 15) is 0 Å². The fourth-order valence-electron chi connectivity index (χ4n) is 1.61. The second-order valence-corrected chi connectivity index (χ2v) is 4.77. The largest absolute Gasteiger partial charge is 0.348 e. The minimum Gasteiger partial charge on any atom is -0.348 e. The summed E-state index contributed by atoms with van der Waals surface area (Å²) in [5, 5.41) is 5.90. The molecule has 0 unspecified atom stereocenters. The Morgan fingerprint density at radius 1 is 1.50 bits per heavy atom. The molecule has 1 atom stereocenters. The highest BCUT2D eigenvalue weighted by Gasteiger charge is 2.17. The van der Waals surface area contributed by atoms with Gasteiger partial charge >= 0.3 is 0 Å². The van der Waals surface area contributed by atoms with Crippen molar-refractivity contribution in [1.29, 1.82) is 0 Å². The van der Waals surface area contributed by atoms with Gasteiger partial charge in [-0.3, -0.25) is 0 Å². The van der Waals surface area contributed by atoms with Gasteiger partial charge < -0.3 is 15.2 Å². The van der Waals surface area contributed by atoms with Gasteiger partial charge in [-0.25, -0.2) is 4.98 Å². The van der Waals surface area contributed by atoms with Crippen LogP contribution in [0.2, 0.25) is 0 Å². The zero-order valence-electron chi connectivity index (χ0n) is 9.41. The lowest BCUT2D eigenvalue weighted by molar-refractivity contribution is 0.354. The number of imidazole rings is 1. The summed E-state index contributed by atoms with van der Waals surface area (Å²) in [5.74, 6) is 1.02. The zero-order chi connectivity index (χ0) is 12.4. The summed E-state index contributed by atoms with van der Waals surface area (Å²) in [7, 11) is 0. The van der Waals surface area contributed by atoms with Crippen molar-refractivity contribution in [2.75, 3.05) is 0 Å². The van der Waals surface area contributed by atoms with E-state index >= 15 is 0 Å². The smallest absolute Gasteiger partial charge is 0.244 e. The van der Waals surface area contributed by atoms with Gasteiger partial charge in [-0.15, -0.1) is 11.3 Å². The highest BCUT2D eigenvalue weighted by Crippen LogP contribution is 2.23. The molecule has 0 bridgehead atoms. The lowest BCUT2D eigenvalue weighted by Gasteiger charge is -2.03. The van der Waals surface area contributed by atoms with E-state index in [4.69, 9.17) is 10.3 Å².